The van der Waals surface area contributed by atoms with Gasteiger partial charge in [0.15, 0.2) is 0 Å². The molecule has 0 aliphatic heterocycles. The number of hydrogen-bond acceptors (Lipinski definition) is 3. The fourth-order valence-corrected chi connectivity index (χ4v) is 1.80. The third kappa shape index (κ3) is 5.48. The molecule has 3 nitrogen and oxygen atoms in total. The maximum absolute atomic E-state index is 12.4. The van der Waals surface area contributed by atoms with Crippen molar-refractivity contribution < 1.29 is 23.4 Å². The molecule has 0 aliphatic carbocycles. The largest absolute Gasteiger partial charge is 0.416 e. The van der Waals surface area contributed by atoms with Crippen molar-refractivity contribution in [1.29, 1.82) is 0 Å². The van der Waals surface area contributed by atoms with Gasteiger partial charge in [-0.05, 0) is 36.6 Å². The number of aliphatic hydroxyl groups is 2. The van der Waals surface area contributed by atoms with Gasteiger partial charge in [0.2, 0.25) is 0 Å². The summed E-state index contributed by atoms with van der Waals surface area (Å²) < 4.78 is 37.2. The van der Waals surface area contributed by atoms with E-state index in [9.17, 15) is 18.3 Å². The first kappa shape index (κ1) is 16.9. The van der Waals surface area contributed by atoms with Gasteiger partial charge in [-0.1, -0.05) is 19.1 Å². The molecular weight excluding hydrogens is 271 g/mol. The molecule has 1 aromatic rings. The van der Waals surface area contributed by atoms with E-state index in [0.717, 1.165) is 12.1 Å². The van der Waals surface area contributed by atoms with Crippen molar-refractivity contribution in [1.82, 2.24) is 5.32 Å². The SMILES string of the molecule is CC(CCO)CNCC(O)c1ccc(C(F)(F)F)cc1. The summed E-state index contributed by atoms with van der Waals surface area (Å²) in [6.07, 6.45) is -4.54. The van der Waals surface area contributed by atoms with E-state index < -0.39 is 17.8 Å². The molecule has 0 saturated carbocycles. The van der Waals surface area contributed by atoms with Crippen LogP contribution in [0.3, 0.4) is 0 Å². The predicted molar refractivity (Wildman–Crippen MR) is 70.1 cm³/mol. The van der Waals surface area contributed by atoms with Crippen molar-refractivity contribution >= 4 is 0 Å². The highest BCUT2D eigenvalue weighted by Gasteiger charge is 2.30. The first-order valence-electron chi connectivity index (χ1n) is 6.51. The maximum atomic E-state index is 12.4. The number of aliphatic hydroxyl groups excluding tert-OH is 2. The van der Waals surface area contributed by atoms with Gasteiger partial charge in [0.25, 0.3) is 0 Å². The number of alkyl halides is 3. The van der Waals surface area contributed by atoms with Gasteiger partial charge in [-0.25, -0.2) is 0 Å². The van der Waals surface area contributed by atoms with Gasteiger partial charge in [-0.15, -0.1) is 0 Å². The van der Waals surface area contributed by atoms with Crippen molar-refractivity contribution in [3.8, 4) is 0 Å². The minimum atomic E-state index is -4.36. The highest BCUT2D eigenvalue weighted by atomic mass is 19.4. The number of hydrogen-bond donors (Lipinski definition) is 3. The lowest BCUT2D eigenvalue weighted by molar-refractivity contribution is -0.137. The van der Waals surface area contributed by atoms with Crippen molar-refractivity contribution in [2.75, 3.05) is 19.7 Å². The van der Waals surface area contributed by atoms with Crippen LogP contribution in [0.5, 0.6) is 0 Å². The maximum Gasteiger partial charge on any atom is 0.416 e. The Morgan fingerprint density at radius 3 is 2.25 bits per heavy atom. The summed E-state index contributed by atoms with van der Waals surface area (Å²) in [6, 6.07) is 4.50. The van der Waals surface area contributed by atoms with E-state index in [2.05, 4.69) is 5.32 Å². The molecule has 1 rings (SSSR count). The van der Waals surface area contributed by atoms with E-state index in [1.54, 1.807) is 0 Å². The minimum absolute atomic E-state index is 0.115. The Bertz CT molecular complexity index is 392. The molecule has 2 unspecified atom stereocenters. The molecule has 0 bridgehead atoms. The number of nitrogens with one attached hydrogen (secondary N) is 1. The van der Waals surface area contributed by atoms with E-state index >= 15 is 0 Å². The van der Waals surface area contributed by atoms with Crippen LogP contribution in [0.2, 0.25) is 0 Å². The normalized spacial score (nSPS) is 15.1. The van der Waals surface area contributed by atoms with Gasteiger partial charge in [-0.3, -0.25) is 0 Å². The van der Waals surface area contributed by atoms with Crippen molar-refractivity contribution in [2.24, 2.45) is 5.92 Å². The molecular formula is C14H20F3NO2. The lowest BCUT2D eigenvalue weighted by Crippen LogP contribution is -2.26. The number of halogens is 3. The summed E-state index contributed by atoms with van der Waals surface area (Å²) in [5, 5.41) is 21.6. The molecule has 6 heteroatoms. The molecule has 0 fully saturated rings. The average Bonchev–Trinajstić information content (AvgIpc) is 2.38. The van der Waals surface area contributed by atoms with Gasteiger partial charge in [0.1, 0.15) is 0 Å². The topological polar surface area (TPSA) is 52.5 Å². The summed E-state index contributed by atoms with van der Waals surface area (Å²) >= 11 is 0. The average molecular weight is 291 g/mol. The van der Waals surface area contributed by atoms with Crippen LogP contribution in [0.15, 0.2) is 24.3 Å². The molecule has 1 aromatic carbocycles. The highest BCUT2D eigenvalue weighted by Crippen LogP contribution is 2.29. The third-order valence-electron chi connectivity index (χ3n) is 3.08. The molecule has 2 atom stereocenters. The third-order valence-corrected chi connectivity index (χ3v) is 3.08. The Hall–Kier alpha value is -1.11. The minimum Gasteiger partial charge on any atom is -0.396 e. The van der Waals surface area contributed by atoms with Crippen LogP contribution >= 0.6 is 0 Å². The zero-order valence-electron chi connectivity index (χ0n) is 11.3. The molecule has 20 heavy (non-hydrogen) atoms. The molecule has 3 N–H and O–H groups in total. The Morgan fingerprint density at radius 2 is 1.75 bits per heavy atom. The number of benzene rings is 1. The van der Waals surface area contributed by atoms with Gasteiger partial charge in [0, 0.05) is 13.2 Å². The van der Waals surface area contributed by atoms with Crippen molar-refractivity contribution in [2.45, 2.75) is 25.6 Å². The smallest absolute Gasteiger partial charge is 0.396 e. The van der Waals surface area contributed by atoms with Crippen molar-refractivity contribution in [3.05, 3.63) is 35.4 Å². The summed E-state index contributed by atoms with van der Waals surface area (Å²) in [4.78, 5) is 0. The van der Waals surface area contributed by atoms with Crippen LogP contribution in [0, 0.1) is 5.92 Å². The Labute approximate surface area is 116 Å². The van der Waals surface area contributed by atoms with Crippen LogP contribution in [0.1, 0.15) is 30.6 Å². The van der Waals surface area contributed by atoms with E-state index in [1.165, 1.54) is 12.1 Å². The van der Waals surface area contributed by atoms with Gasteiger partial charge < -0.3 is 15.5 Å². The summed E-state index contributed by atoms with van der Waals surface area (Å²) in [7, 11) is 0. The molecule has 0 saturated heterocycles. The molecule has 0 amide bonds. The van der Waals surface area contributed by atoms with Gasteiger partial charge in [-0.2, -0.15) is 13.2 Å². The first-order valence-corrected chi connectivity index (χ1v) is 6.51. The van der Waals surface area contributed by atoms with E-state index in [-0.39, 0.29) is 19.1 Å². The van der Waals surface area contributed by atoms with Gasteiger partial charge >= 0.3 is 6.18 Å². The Kier molecular flexibility index (Phi) is 6.45. The second kappa shape index (κ2) is 7.61. The zero-order chi connectivity index (χ0) is 15.2. The van der Waals surface area contributed by atoms with Crippen LogP contribution < -0.4 is 5.32 Å². The van der Waals surface area contributed by atoms with Crippen LogP contribution in [0.25, 0.3) is 0 Å². The predicted octanol–water partition coefficient (Wildman–Crippen LogP) is 2.35. The lowest BCUT2D eigenvalue weighted by atomic mass is 10.1. The Morgan fingerprint density at radius 1 is 1.15 bits per heavy atom. The highest BCUT2D eigenvalue weighted by molar-refractivity contribution is 5.26. The molecule has 0 heterocycles. The first-order chi connectivity index (χ1) is 9.34. The quantitative estimate of drug-likeness (QED) is 0.723. The van der Waals surface area contributed by atoms with Crippen LogP contribution in [-0.4, -0.2) is 29.9 Å². The molecule has 0 aromatic heterocycles. The lowest BCUT2D eigenvalue weighted by Gasteiger charge is -2.15. The van der Waals surface area contributed by atoms with Crippen LogP contribution in [-0.2, 0) is 6.18 Å². The second-order valence-corrected chi connectivity index (χ2v) is 4.91. The molecule has 0 spiro atoms. The van der Waals surface area contributed by atoms with E-state index in [0.29, 0.717) is 18.5 Å². The molecule has 0 aliphatic rings. The fourth-order valence-electron chi connectivity index (χ4n) is 1.80. The van der Waals surface area contributed by atoms with E-state index in [1.807, 2.05) is 6.92 Å². The van der Waals surface area contributed by atoms with Crippen LogP contribution in [0.4, 0.5) is 13.2 Å². The Balaban J connectivity index is 2.46. The monoisotopic (exact) mass is 291 g/mol. The molecule has 114 valence electrons. The summed E-state index contributed by atoms with van der Waals surface area (Å²) in [5.41, 5.74) is -0.279. The number of rotatable bonds is 7. The fraction of sp³-hybridized carbons (Fsp3) is 0.571. The van der Waals surface area contributed by atoms with Crippen molar-refractivity contribution in [3.63, 3.8) is 0 Å². The van der Waals surface area contributed by atoms with Gasteiger partial charge in [0.05, 0.1) is 11.7 Å². The zero-order valence-corrected chi connectivity index (χ0v) is 11.3. The standard InChI is InChI=1S/C14H20F3NO2/c1-10(6-7-19)8-18-9-13(20)11-2-4-12(5-3-11)14(15,16)17/h2-5,10,13,18-20H,6-9H2,1H3. The summed E-state index contributed by atoms with van der Waals surface area (Å²) in [6.45, 7) is 2.98. The summed E-state index contributed by atoms with van der Waals surface area (Å²) in [5.74, 6) is 0.278. The second-order valence-electron chi connectivity index (χ2n) is 4.91. The molecule has 0 radical (unpaired) electrons. The van der Waals surface area contributed by atoms with E-state index in [4.69, 9.17) is 5.11 Å².